The van der Waals surface area contributed by atoms with E-state index in [0.717, 1.165) is 22.1 Å². The lowest BCUT2D eigenvalue weighted by molar-refractivity contribution is 0.0680. The maximum atomic E-state index is 12.6. The van der Waals surface area contributed by atoms with Crippen molar-refractivity contribution in [3.63, 3.8) is 0 Å². The molecular weight excluding hydrogens is 270 g/mol. The van der Waals surface area contributed by atoms with E-state index in [4.69, 9.17) is 14.6 Å². The third-order valence-electron chi connectivity index (χ3n) is 3.60. The molecule has 0 atom stereocenters. The number of carbonyl (C=O) groups is 1. The van der Waals surface area contributed by atoms with Gasteiger partial charge in [-0.1, -0.05) is 18.2 Å². The highest BCUT2D eigenvalue weighted by molar-refractivity contribution is 5.99. The quantitative estimate of drug-likeness (QED) is 0.852. The summed E-state index contributed by atoms with van der Waals surface area (Å²) in [4.78, 5) is 14.1. The summed E-state index contributed by atoms with van der Waals surface area (Å²) in [5.74, 6) is 0.0660. The van der Waals surface area contributed by atoms with Crippen LogP contribution in [0.2, 0.25) is 0 Å². The molecule has 1 aromatic carbocycles. The van der Waals surface area contributed by atoms with Gasteiger partial charge in [-0.3, -0.25) is 4.79 Å². The Morgan fingerprint density at radius 1 is 1.19 bits per heavy atom. The SMILES string of the molecule is Cc1c(C(=O)N(CCO)CCCO)oc2c(C)cccc12. The molecule has 2 N–H and O–H groups in total. The topological polar surface area (TPSA) is 73.9 Å². The molecule has 1 heterocycles. The number of nitrogens with zero attached hydrogens (tertiary/aromatic N) is 1. The van der Waals surface area contributed by atoms with Crippen molar-refractivity contribution in [1.29, 1.82) is 0 Å². The fourth-order valence-corrected chi connectivity index (χ4v) is 2.43. The zero-order valence-corrected chi connectivity index (χ0v) is 12.4. The van der Waals surface area contributed by atoms with Gasteiger partial charge in [-0.2, -0.15) is 0 Å². The smallest absolute Gasteiger partial charge is 0.289 e. The normalized spacial score (nSPS) is 11.0. The number of amides is 1. The molecule has 2 aromatic rings. The molecule has 0 aliphatic carbocycles. The van der Waals surface area contributed by atoms with Crippen molar-refractivity contribution in [3.8, 4) is 0 Å². The van der Waals surface area contributed by atoms with Crippen LogP contribution in [0.25, 0.3) is 11.0 Å². The minimum atomic E-state index is -0.245. The summed E-state index contributed by atoms with van der Waals surface area (Å²) in [5.41, 5.74) is 2.52. The summed E-state index contributed by atoms with van der Waals surface area (Å²) in [6.45, 7) is 4.32. The highest BCUT2D eigenvalue weighted by Gasteiger charge is 2.23. The number of aliphatic hydroxyl groups is 2. The maximum absolute atomic E-state index is 12.6. The van der Waals surface area contributed by atoms with Crippen LogP contribution in [-0.2, 0) is 0 Å². The third-order valence-corrected chi connectivity index (χ3v) is 3.60. The van der Waals surface area contributed by atoms with E-state index in [1.54, 1.807) is 0 Å². The minimum Gasteiger partial charge on any atom is -0.450 e. The molecule has 0 aliphatic rings. The van der Waals surface area contributed by atoms with E-state index in [1.807, 2.05) is 32.0 Å². The molecule has 0 bridgehead atoms. The summed E-state index contributed by atoms with van der Waals surface area (Å²) in [7, 11) is 0. The molecule has 114 valence electrons. The average Bonchev–Trinajstić information content (AvgIpc) is 2.82. The van der Waals surface area contributed by atoms with Crippen LogP contribution in [0.4, 0.5) is 0 Å². The maximum Gasteiger partial charge on any atom is 0.289 e. The molecule has 5 nitrogen and oxygen atoms in total. The first-order chi connectivity index (χ1) is 10.1. The number of rotatable bonds is 6. The van der Waals surface area contributed by atoms with E-state index in [0.29, 0.717) is 18.7 Å². The summed E-state index contributed by atoms with van der Waals surface area (Å²) >= 11 is 0. The van der Waals surface area contributed by atoms with E-state index in [1.165, 1.54) is 4.90 Å². The van der Waals surface area contributed by atoms with E-state index in [-0.39, 0.29) is 25.7 Å². The first-order valence-electron chi connectivity index (χ1n) is 7.09. The van der Waals surface area contributed by atoms with Gasteiger partial charge in [0.2, 0.25) is 0 Å². The molecule has 0 fully saturated rings. The lowest BCUT2D eigenvalue weighted by Gasteiger charge is -2.20. The number of furan rings is 1. The van der Waals surface area contributed by atoms with Crippen LogP contribution in [-0.4, -0.2) is 47.3 Å². The summed E-state index contributed by atoms with van der Waals surface area (Å²) in [5, 5.41) is 18.9. The van der Waals surface area contributed by atoms with Gasteiger partial charge in [0, 0.05) is 30.6 Å². The summed E-state index contributed by atoms with van der Waals surface area (Å²) in [6, 6.07) is 5.81. The second kappa shape index (κ2) is 6.74. The highest BCUT2D eigenvalue weighted by atomic mass is 16.3. The Morgan fingerprint density at radius 3 is 2.57 bits per heavy atom. The molecule has 5 heteroatoms. The number of fused-ring (bicyclic) bond motifs is 1. The first kappa shape index (κ1) is 15.5. The van der Waals surface area contributed by atoms with Gasteiger partial charge < -0.3 is 19.5 Å². The van der Waals surface area contributed by atoms with Crippen molar-refractivity contribution < 1.29 is 19.4 Å². The molecule has 0 aliphatic heterocycles. The molecule has 0 unspecified atom stereocenters. The van der Waals surface area contributed by atoms with Gasteiger partial charge in [0.25, 0.3) is 5.91 Å². The molecule has 0 radical (unpaired) electrons. The zero-order chi connectivity index (χ0) is 15.4. The van der Waals surface area contributed by atoms with Gasteiger partial charge in [0.15, 0.2) is 5.76 Å². The van der Waals surface area contributed by atoms with Crippen LogP contribution in [0, 0.1) is 13.8 Å². The Labute approximate surface area is 123 Å². The Morgan fingerprint density at radius 2 is 1.95 bits per heavy atom. The van der Waals surface area contributed by atoms with E-state index in [2.05, 4.69) is 0 Å². The fraction of sp³-hybridized carbons (Fsp3) is 0.438. The van der Waals surface area contributed by atoms with Crippen molar-refractivity contribution in [2.24, 2.45) is 0 Å². The van der Waals surface area contributed by atoms with Crippen LogP contribution in [0.15, 0.2) is 22.6 Å². The number of para-hydroxylation sites is 1. The van der Waals surface area contributed by atoms with Crippen LogP contribution in [0.1, 0.15) is 28.1 Å². The Hall–Kier alpha value is -1.85. The number of aliphatic hydroxyl groups excluding tert-OH is 2. The van der Waals surface area contributed by atoms with E-state index in [9.17, 15) is 4.79 Å². The third kappa shape index (κ3) is 3.09. The van der Waals surface area contributed by atoms with Crippen LogP contribution in [0.5, 0.6) is 0 Å². The summed E-state index contributed by atoms with van der Waals surface area (Å²) in [6.07, 6.45) is 0.476. The molecule has 1 amide bonds. The number of hydrogen-bond donors (Lipinski definition) is 2. The van der Waals surface area contributed by atoms with Gasteiger partial charge in [-0.25, -0.2) is 0 Å². The molecule has 0 saturated carbocycles. The molecular formula is C16H21NO4. The average molecular weight is 291 g/mol. The number of aryl methyl sites for hydroxylation is 2. The first-order valence-corrected chi connectivity index (χ1v) is 7.09. The van der Waals surface area contributed by atoms with Gasteiger partial charge >= 0.3 is 0 Å². The largest absolute Gasteiger partial charge is 0.450 e. The lowest BCUT2D eigenvalue weighted by atomic mass is 10.1. The van der Waals surface area contributed by atoms with Gasteiger partial charge in [0.1, 0.15) is 5.58 Å². The molecule has 0 spiro atoms. The van der Waals surface area contributed by atoms with Gasteiger partial charge in [0.05, 0.1) is 6.61 Å². The van der Waals surface area contributed by atoms with Crippen molar-refractivity contribution >= 4 is 16.9 Å². The molecule has 21 heavy (non-hydrogen) atoms. The zero-order valence-electron chi connectivity index (χ0n) is 12.4. The van der Waals surface area contributed by atoms with Crippen LogP contribution < -0.4 is 0 Å². The molecule has 2 rings (SSSR count). The Bertz CT molecular complexity index is 632. The second-order valence-electron chi connectivity index (χ2n) is 5.10. The van der Waals surface area contributed by atoms with Crippen LogP contribution >= 0.6 is 0 Å². The van der Waals surface area contributed by atoms with Crippen molar-refractivity contribution in [3.05, 3.63) is 35.1 Å². The van der Waals surface area contributed by atoms with E-state index < -0.39 is 0 Å². The second-order valence-corrected chi connectivity index (χ2v) is 5.10. The molecule has 0 saturated heterocycles. The highest BCUT2D eigenvalue weighted by Crippen LogP contribution is 2.28. The predicted octanol–water partition coefficient (Wildman–Crippen LogP) is 1.87. The van der Waals surface area contributed by atoms with Crippen molar-refractivity contribution in [2.45, 2.75) is 20.3 Å². The molecule has 1 aromatic heterocycles. The van der Waals surface area contributed by atoms with Crippen molar-refractivity contribution in [1.82, 2.24) is 4.90 Å². The number of benzene rings is 1. The van der Waals surface area contributed by atoms with Gasteiger partial charge in [-0.05, 0) is 25.8 Å². The van der Waals surface area contributed by atoms with Gasteiger partial charge in [-0.15, -0.1) is 0 Å². The fourth-order valence-electron chi connectivity index (χ4n) is 2.43. The predicted molar refractivity (Wildman–Crippen MR) is 80.4 cm³/mol. The monoisotopic (exact) mass is 291 g/mol. The lowest BCUT2D eigenvalue weighted by Crippen LogP contribution is -2.35. The Balaban J connectivity index is 2.37. The van der Waals surface area contributed by atoms with E-state index >= 15 is 0 Å². The minimum absolute atomic E-state index is 0.00737. The Kier molecular flexibility index (Phi) is 4.98. The van der Waals surface area contributed by atoms with Crippen molar-refractivity contribution in [2.75, 3.05) is 26.3 Å². The summed E-state index contributed by atoms with van der Waals surface area (Å²) < 4.78 is 5.76. The number of carbonyl (C=O) groups excluding carboxylic acids is 1. The number of hydrogen-bond acceptors (Lipinski definition) is 4. The van der Waals surface area contributed by atoms with Crippen LogP contribution in [0.3, 0.4) is 0 Å². The standard InChI is InChI=1S/C16H21NO4/c1-11-5-3-6-13-12(2)15(21-14(11)13)16(20)17(8-10-19)7-4-9-18/h3,5-6,18-19H,4,7-10H2,1-2H3.